The lowest BCUT2D eigenvalue weighted by Gasteiger charge is -2.22. The summed E-state index contributed by atoms with van der Waals surface area (Å²) in [5, 5.41) is 0. The zero-order valence-electron chi connectivity index (χ0n) is 26.8. The van der Waals surface area contributed by atoms with Crippen molar-refractivity contribution >= 4 is 45.2 Å². The van der Waals surface area contributed by atoms with Crippen molar-refractivity contribution < 1.29 is 14.3 Å². The highest BCUT2D eigenvalue weighted by molar-refractivity contribution is 8.47. The van der Waals surface area contributed by atoms with Crippen LogP contribution in [-0.2, 0) is 14.3 Å². The molecule has 1 saturated carbocycles. The van der Waals surface area contributed by atoms with E-state index < -0.39 is 4.75 Å². The summed E-state index contributed by atoms with van der Waals surface area (Å²) in [6, 6.07) is 0. The predicted molar refractivity (Wildman–Crippen MR) is 186 cm³/mol. The summed E-state index contributed by atoms with van der Waals surface area (Å²) in [5.74, 6) is 3.36. The van der Waals surface area contributed by atoms with Gasteiger partial charge in [0.2, 0.25) is 0 Å². The second-order valence-electron chi connectivity index (χ2n) is 13.0. The molecule has 0 radical (unpaired) electrons. The Bertz CT molecular complexity index is 723. The highest BCUT2D eigenvalue weighted by atomic mass is 32.2. The fourth-order valence-electron chi connectivity index (χ4n) is 6.05. The van der Waals surface area contributed by atoms with E-state index in [2.05, 4.69) is 19.1 Å². The maximum Gasteiger partial charge on any atom is 0.322 e. The molecule has 2 aliphatic rings. The second-order valence-corrected chi connectivity index (χ2v) is 16.9. The summed E-state index contributed by atoms with van der Waals surface area (Å²) in [4.78, 5) is 12.6. The fourth-order valence-corrected chi connectivity index (χ4v) is 9.11. The van der Waals surface area contributed by atoms with Crippen molar-refractivity contribution in [2.45, 2.75) is 154 Å². The summed E-state index contributed by atoms with van der Waals surface area (Å²) >= 11 is 8.79. The Morgan fingerprint density at radius 2 is 1.34 bits per heavy atom. The number of carbonyl (C=O) groups is 1. The molecule has 2 rings (SSSR count). The van der Waals surface area contributed by atoms with Gasteiger partial charge in [-0.05, 0) is 69.5 Å². The van der Waals surface area contributed by atoms with E-state index in [-0.39, 0.29) is 5.97 Å². The summed E-state index contributed by atoms with van der Waals surface area (Å²) < 4.78 is 11.8. The second kappa shape index (κ2) is 23.4. The molecule has 0 aromatic carbocycles. The van der Waals surface area contributed by atoms with Crippen LogP contribution in [0.2, 0.25) is 0 Å². The number of fused-ring (bicyclic) bond motifs is 2. The minimum Gasteiger partial charge on any atom is -0.465 e. The number of rotatable bonds is 26. The molecular formula is C35H62O3S3. The number of esters is 1. The van der Waals surface area contributed by atoms with Crippen LogP contribution in [0.3, 0.4) is 0 Å². The van der Waals surface area contributed by atoms with E-state index in [9.17, 15) is 4.79 Å². The topological polar surface area (TPSA) is 35.5 Å². The van der Waals surface area contributed by atoms with Gasteiger partial charge < -0.3 is 9.47 Å². The third-order valence-corrected chi connectivity index (χ3v) is 11.5. The molecule has 41 heavy (non-hydrogen) atoms. The lowest BCUT2D eigenvalue weighted by Crippen LogP contribution is -2.31. The molecule has 1 fully saturated rings. The molecule has 2 bridgehead atoms. The Balaban J connectivity index is 1.32. The lowest BCUT2D eigenvalue weighted by molar-refractivity contribution is -0.145. The molecular weight excluding hydrogens is 565 g/mol. The van der Waals surface area contributed by atoms with Crippen molar-refractivity contribution in [3.63, 3.8) is 0 Å². The molecule has 0 saturated heterocycles. The summed E-state index contributed by atoms with van der Waals surface area (Å²) in [7, 11) is 0. The van der Waals surface area contributed by atoms with Crippen LogP contribution in [0.5, 0.6) is 0 Å². The molecule has 0 N–H and O–H groups in total. The molecule has 0 amide bonds. The van der Waals surface area contributed by atoms with Crippen molar-refractivity contribution in [1.29, 1.82) is 0 Å². The van der Waals surface area contributed by atoms with Crippen LogP contribution in [0.1, 0.15) is 149 Å². The lowest BCUT2D eigenvalue weighted by atomic mass is 9.95. The molecule has 2 aliphatic carbocycles. The first kappa shape index (κ1) is 37.1. The van der Waals surface area contributed by atoms with Crippen LogP contribution in [0.15, 0.2) is 12.2 Å². The van der Waals surface area contributed by atoms with E-state index >= 15 is 0 Å². The molecule has 0 aromatic heterocycles. The van der Waals surface area contributed by atoms with Gasteiger partial charge in [-0.2, -0.15) is 0 Å². The smallest absolute Gasteiger partial charge is 0.322 e. The van der Waals surface area contributed by atoms with E-state index in [0.29, 0.717) is 6.61 Å². The Hall–Kier alpha value is -0.0400. The maximum absolute atomic E-state index is 12.6. The van der Waals surface area contributed by atoms with Gasteiger partial charge in [0.1, 0.15) is 8.28 Å². The number of carbonyl (C=O) groups excluding carboxylic acids is 1. The number of hydrogen-bond acceptors (Lipinski definition) is 6. The average molecular weight is 627 g/mol. The average Bonchev–Trinajstić information content (AvgIpc) is 3.57. The summed E-state index contributed by atoms with van der Waals surface area (Å²) in [6.07, 6.45) is 30.7. The molecule has 6 heteroatoms. The third kappa shape index (κ3) is 17.7. The Morgan fingerprint density at radius 3 is 1.90 bits per heavy atom. The van der Waals surface area contributed by atoms with Gasteiger partial charge in [-0.1, -0.05) is 139 Å². The number of allylic oxidation sites excluding steroid dienone is 2. The van der Waals surface area contributed by atoms with E-state index in [1.54, 1.807) is 11.8 Å². The first-order valence-electron chi connectivity index (χ1n) is 17.2. The van der Waals surface area contributed by atoms with E-state index in [1.165, 1.54) is 127 Å². The first-order chi connectivity index (χ1) is 19.9. The van der Waals surface area contributed by atoms with Crippen molar-refractivity contribution in [3.8, 4) is 0 Å². The predicted octanol–water partition coefficient (Wildman–Crippen LogP) is 11.3. The molecule has 0 unspecified atom stereocenters. The largest absolute Gasteiger partial charge is 0.465 e. The third-order valence-electron chi connectivity index (χ3n) is 8.71. The van der Waals surface area contributed by atoms with Gasteiger partial charge in [0.25, 0.3) is 0 Å². The first-order valence-corrected chi connectivity index (χ1v) is 19.4. The molecule has 3 nitrogen and oxygen atoms in total. The number of ether oxygens (including phenoxy) is 2. The number of thioether (sulfide) groups is 2. The zero-order chi connectivity index (χ0) is 29.6. The van der Waals surface area contributed by atoms with Crippen LogP contribution in [0, 0.1) is 17.8 Å². The van der Waals surface area contributed by atoms with E-state index in [0.717, 1.165) is 53.1 Å². The van der Waals surface area contributed by atoms with Crippen molar-refractivity contribution in [2.24, 2.45) is 17.8 Å². The van der Waals surface area contributed by atoms with E-state index in [1.807, 2.05) is 13.8 Å². The van der Waals surface area contributed by atoms with Gasteiger partial charge in [0.05, 0.1) is 6.61 Å². The SMILES string of the molecule is CCCCCCCCCCCCSC(=S)SC(C)(C)C(=O)OCCCCCCCCCCOC[C@H]1C[C@@H]2C=C[C@H]1C2. The Morgan fingerprint density at radius 1 is 0.780 bits per heavy atom. The Labute approximate surface area is 267 Å². The molecule has 3 atom stereocenters. The standard InChI is InChI=1S/C35H62O3S3/c1-4-5-6-7-8-9-12-15-18-21-26-40-34(39)41-35(2,3)33(36)38-25-20-17-14-11-10-13-16-19-24-37-29-32-28-30-22-23-31(32)27-30/h22-23,30-32H,4-21,24-29H2,1-3H3/t30-,31+,32-/m1/s1. The minimum absolute atomic E-state index is 0.136. The highest BCUT2D eigenvalue weighted by Gasteiger charge is 2.35. The van der Waals surface area contributed by atoms with Crippen LogP contribution >= 0.6 is 35.7 Å². The normalized spacial score (nSPS) is 19.7. The van der Waals surface area contributed by atoms with Gasteiger partial charge >= 0.3 is 5.97 Å². The van der Waals surface area contributed by atoms with Crippen LogP contribution in [0.4, 0.5) is 0 Å². The van der Waals surface area contributed by atoms with Gasteiger partial charge in [-0.15, -0.1) is 11.8 Å². The monoisotopic (exact) mass is 626 g/mol. The zero-order valence-corrected chi connectivity index (χ0v) is 29.3. The van der Waals surface area contributed by atoms with Gasteiger partial charge in [-0.3, -0.25) is 4.79 Å². The fraction of sp³-hybridized carbons (Fsp3) is 0.886. The van der Waals surface area contributed by atoms with Crippen molar-refractivity contribution in [1.82, 2.24) is 0 Å². The maximum atomic E-state index is 12.6. The summed E-state index contributed by atoms with van der Waals surface area (Å²) in [6.45, 7) is 8.58. The number of hydrogen-bond donors (Lipinski definition) is 0. The molecule has 238 valence electrons. The van der Waals surface area contributed by atoms with Crippen LogP contribution in [-0.4, -0.2) is 39.8 Å². The number of unbranched alkanes of at least 4 members (excludes halogenated alkanes) is 16. The number of thiocarbonyl (C=S) groups is 1. The van der Waals surface area contributed by atoms with Crippen molar-refractivity contribution in [3.05, 3.63) is 12.2 Å². The molecule has 0 aromatic rings. The van der Waals surface area contributed by atoms with Gasteiger partial charge in [-0.25, -0.2) is 0 Å². The highest BCUT2D eigenvalue weighted by Crippen LogP contribution is 2.43. The molecule has 0 spiro atoms. The quantitative estimate of drug-likeness (QED) is 0.0411. The van der Waals surface area contributed by atoms with Gasteiger partial charge in [0, 0.05) is 13.2 Å². The Kier molecular flexibility index (Phi) is 21.2. The van der Waals surface area contributed by atoms with E-state index in [4.69, 9.17) is 21.7 Å². The molecule has 0 heterocycles. The van der Waals surface area contributed by atoms with Gasteiger partial charge in [0.15, 0.2) is 0 Å². The van der Waals surface area contributed by atoms with Crippen LogP contribution < -0.4 is 0 Å². The summed E-state index contributed by atoms with van der Waals surface area (Å²) in [5.41, 5.74) is 0. The molecule has 0 aliphatic heterocycles. The minimum atomic E-state index is -0.612. The van der Waals surface area contributed by atoms with Crippen molar-refractivity contribution in [2.75, 3.05) is 25.6 Å². The van der Waals surface area contributed by atoms with Crippen LogP contribution in [0.25, 0.3) is 0 Å².